The fraction of sp³-hybridized carbons (Fsp3) is 0.250. The molecule has 19 heavy (non-hydrogen) atoms. The molecular formula is C16H17NO2. The van der Waals surface area contributed by atoms with Crippen molar-refractivity contribution in [2.24, 2.45) is 5.73 Å². The van der Waals surface area contributed by atoms with Gasteiger partial charge in [0, 0.05) is 10.9 Å². The molecule has 2 N–H and O–H groups in total. The van der Waals surface area contributed by atoms with Crippen molar-refractivity contribution in [1.29, 1.82) is 0 Å². The molecule has 1 unspecified atom stereocenters. The topological polar surface area (TPSA) is 52.3 Å². The number of hydrogen-bond acceptors (Lipinski definition) is 3. The van der Waals surface area contributed by atoms with Crippen molar-refractivity contribution < 1.29 is 8.83 Å². The smallest absolute Gasteiger partial charge is 0.134 e. The highest BCUT2D eigenvalue weighted by Gasteiger charge is 2.21. The normalized spacial score (nSPS) is 13.1. The monoisotopic (exact) mass is 255 g/mol. The summed E-state index contributed by atoms with van der Waals surface area (Å²) in [6, 6.07) is 9.60. The molecule has 1 atom stereocenters. The van der Waals surface area contributed by atoms with Gasteiger partial charge in [-0.25, -0.2) is 0 Å². The van der Waals surface area contributed by atoms with E-state index in [1.165, 1.54) is 5.56 Å². The lowest BCUT2D eigenvalue weighted by Gasteiger charge is -2.06. The predicted octanol–water partition coefficient (Wildman–Crippen LogP) is 4.00. The summed E-state index contributed by atoms with van der Waals surface area (Å²) >= 11 is 0. The van der Waals surface area contributed by atoms with E-state index in [1.807, 2.05) is 38.1 Å². The maximum atomic E-state index is 6.24. The second-order valence-electron chi connectivity index (χ2n) is 5.02. The molecule has 0 saturated carbocycles. The van der Waals surface area contributed by atoms with E-state index >= 15 is 0 Å². The second-order valence-corrected chi connectivity index (χ2v) is 5.02. The van der Waals surface area contributed by atoms with Crippen LogP contribution in [0.2, 0.25) is 0 Å². The summed E-state index contributed by atoms with van der Waals surface area (Å²) in [4.78, 5) is 0. The van der Waals surface area contributed by atoms with Gasteiger partial charge in [0.2, 0.25) is 0 Å². The van der Waals surface area contributed by atoms with Gasteiger partial charge < -0.3 is 14.6 Å². The number of fused-ring (bicyclic) bond motifs is 1. The van der Waals surface area contributed by atoms with E-state index in [0.717, 1.165) is 33.8 Å². The van der Waals surface area contributed by atoms with Gasteiger partial charge in [0.25, 0.3) is 0 Å². The molecule has 0 spiro atoms. The molecule has 1 aromatic carbocycles. The van der Waals surface area contributed by atoms with Gasteiger partial charge in [-0.2, -0.15) is 0 Å². The van der Waals surface area contributed by atoms with Crippen molar-refractivity contribution >= 4 is 11.0 Å². The van der Waals surface area contributed by atoms with Gasteiger partial charge in [0.1, 0.15) is 28.9 Å². The minimum Gasteiger partial charge on any atom is -0.464 e. The first-order valence-electron chi connectivity index (χ1n) is 6.38. The summed E-state index contributed by atoms with van der Waals surface area (Å²) in [5.74, 6) is 2.36. The van der Waals surface area contributed by atoms with E-state index < -0.39 is 0 Å². The molecule has 98 valence electrons. The summed E-state index contributed by atoms with van der Waals surface area (Å²) in [6.07, 6.45) is 0. The van der Waals surface area contributed by atoms with Crippen molar-refractivity contribution in [2.75, 3.05) is 0 Å². The lowest BCUT2D eigenvalue weighted by atomic mass is 10.1. The molecular weight excluding hydrogens is 238 g/mol. The second kappa shape index (κ2) is 4.28. The number of furan rings is 2. The van der Waals surface area contributed by atoms with Crippen LogP contribution in [0.4, 0.5) is 0 Å². The number of nitrogens with two attached hydrogens (primary N) is 1. The SMILES string of the molecule is Cc1ccc2oc(C(N)c3ccc(C)o3)c(C)c2c1. The first kappa shape index (κ1) is 12.1. The predicted molar refractivity (Wildman–Crippen MR) is 75.2 cm³/mol. The zero-order valence-corrected chi connectivity index (χ0v) is 11.4. The van der Waals surface area contributed by atoms with Gasteiger partial charge in [-0.05, 0) is 45.0 Å². The van der Waals surface area contributed by atoms with Crippen LogP contribution in [0, 0.1) is 20.8 Å². The summed E-state index contributed by atoms with van der Waals surface area (Å²) in [5, 5.41) is 1.12. The highest BCUT2D eigenvalue weighted by atomic mass is 16.4. The molecule has 0 amide bonds. The molecule has 0 aliphatic heterocycles. The van der Waals surface area contributed by atoms with E-state index in [1.54, 1.807) is 0 Å². The third kappa shape index (κ3) is 1.96. The van der Waals surface area contributed by atoms with Crippen molar-refractivity contribution in [1.82, 2.24) is 0 Å². The Kier molecular flexibility index (Phi) is 2.72. The molecule has 0 aliphatic carbocycles. The Morgan fingerprint density at radius 3 is 2.47 bits per heavy atom. The van der Waals surface area contributed by atoms with Gasteiger partial charge >= 0.3 is 0 Å². The maximum absolute atomic E-state index is 6.24. The standard InChI is InChI=1S/C16H17NO2/c1-9-4-6-13-12(8-9)11(3)16(19-13)15(17)14-7-5-10(2)18-14/h4-8,15H,17H2,1-3H3. The zero-order chi connectivity index (χ0) is 13.6. The molecule has 2 heterocycles. The molecule has 0 aliphatic rings. The number of rotatable bonds is 2. The Bertz CT molecular complexity index is 736. The van der Waals surface area contributed by atoms with Crippen molar-refractivity contribution in [3.63, 3.8) is 0 Å². The Morgan fingerprint density at radius 1 is 1.00 bits per heavy atom. The molecule has 3 rings (SSSR count). The van der Waals surface area contributed by atoms with Gasteiger partial charge in [0.15, 0.2) is 0 Å². The average molecular weight is 255 g/mol. The Hall–Kier alpha value is -2.00. The molecule has 2 aromatic heterocycles. The van der Waals surface area contributed by atoms with Crippen LogP contribution in [0.15, 0.2) is 39.2 Å². The Labute approximate surface area is 112 Å². The Morgan fingerprint density at radius 2 is 1.79 bits per heavy atom. The molecule has 0 fully saturated rings. The molecule has 3 heteroatoms. The fourth-order valence-corrected chi connectivity index (χ4v) is 2.40. The van der Waals surface area contributed by atoms with E-state index in [-0.39, 0.29) is 6.04 Å². The van der Waals surface area contributed by atoms with Crippen LogP contribution in [0.1, 0.15) is 34.4 Å². The van der Waals surface area contributed by atoms with Crippen LogP contribution in [0.3, 0.4) is 0 Å². The van der Waals surface area contributed by atoms with Crippen molar-refractivity contribution in [3.8, 4) is 0 Å². The van der Waals surface area contributed by atoms with Gasteiger partial charge in [0.05, 0.1) is 0 Å². The molecule has 0 radical (unpaired) electrons. The highest BCUT2D eigenvalue weighted by molar-refractivity contribution is 5.83. The number of aryl methyl sites for hydroxylation is 3. The molecule has 3 aromatic rings. The fourth-order valence-electron chi connectivity index (χ4n) is 2.40. The number of hydrogen-bond donors (Lipinski definition) is 1. The quantitative estimate of drug-likeness (QED) is 0.753. The van der Waals surface area contributed by atoms with Crippen molar-refractivity contribution in [3.05, 3.63) is 58.7 Å². The summed E-state index contributed by atoms with van der Waals surface area (Å²) in [6.45, 7) is 6.02. The van der Waals surface area contributed by atoms with E-state index in [9.17, 15) is 0 Å². The van der Waals surface area contributed by atoms with Crippen LogP contribution in [-0.2, 0) is 0 Å². The van der Waals surface area contributed by atoms with E-state index in [4.69, 9.17) is 14.6 Å². The van der Waals surface area contributed by atoms with Gasteiger partial charge in [-0.3, -0.25) is 0 Å². The van der Waals surface area contributed by atoms with Crippen LogP contribution in [-0.4, -0.2) is 0 Å². The number of benzene rings is 1. The third-order valence-electron chi connectivity index (χ3n) is 3.48. The minimum absolute atomic E-state index is 0.360. The van der Waals surface area contributed by atoms with Crippen LogP contribution in [0.5, 0.6) is 0 Å². The first-order valence-corrected chi connectivity index (χ1v) is 6.38. The third-order valence-corrected chi connectivity index (χ3v) is 3.48. The Balaban J connectivity index is 2.12. The van der Waals surface area contributed by atoms with Gasteiger partial charge in [-0.1, -0.05) is 11.6 Å². The van der Waals surface area contributed by atoms with E-state index in [0.29, 0.717) is 0 Å². The maximum Gasteiger partial charge on any atom is 0.134 e. The van der Waals surface area contributed by atoms with Crippen LogP contribution in [0.25, 0.3) is 11.0 Å². The zero-order valence-electron chi connectivity index (χ0n) is 11.4. The highest BCUT2D eigenvalue weighted by Crippen LogP contribution is 2.32. The molecule has 3 nitrogen and oxygen atoms in total. The van der Waals surface area contributed by atoms with Crippen molar-refractivity contribution in [2.45, 2.75) is 26.8 Å². The van der Waals surface area contributed by atoms with Gasteiger partial charge in [-0.15, -0.1) is 0 Å². The van der Waals surface area contributed by atoms with E-state index in [2.05, 4.69) is 13.0 Å². The van der Waals surface area contributed by atoms with Crippen LogP contribution >= 0.6 is 0 Å². The largest absolute Gasteiger partial charge is 0.464 e. The summed E-state index contributed by atoms with van der Waals surface area (Å²) in [7, 11) is 0. The average Bonchev–Trinajstić information content (AvgIpc) is 2.94. The lowest BCUT2D eigenvalue weighted by Crippen LogP contribution is -2.11. The lowest BCUT2D eigenvalue weighted by molar-refractivity contribution is 0.430. The summed E-state index contributed by atoms with van der Waals surface area (Å²) < 4.78 is 11.5. The minimum atomic E-state index is -0.360. The van der Waals surface area contributed by atoms with Crippen LogP contribution < -0.4 is 5.73 Å². The molecule has 0 bridgehead atoms. The summed E-state index contributed by atoms with van der Waals surface area (Å²) in [5.41, 5.74) is 9.41. The first-order chi connectivity index (χ1) is 9.06. The molecule has 0 saturated heterocycles.